The molecule has 88 valence electrons. The molecule has 0 spiro atoms. The van der Waals surface area contributed by atoms with Crippen LogP contribution < -0.4 is 4.74 Å². The van der Waals surface area contributed by atoms with Gasteiger partial charge in [-0.15, -0.1) is 11.8 Å². The minimum Gasteiger partial charge on any atom is -0.494 e. The lowest BCUT2D eigenvalue weighted by atomic mass is 10.3. The van der Waals surface area contributed by atoms with E-state index in [0.29, 0.717) is 0 Å². The van der Waals surface area contributed by atoms with Gasteiger partial charge in [0, 0.05) is 11.0 Å². The number of hydrogen-bond acceptors (Lipinski definition) is 3. The molecule has 0 aliphatic heterocycles. The second-order valence-electron chi connectivity index (χ2n) is 3.02. The van der Waals surface area contributed by atoms with Gasteiger partial charge < -0.3 is 9.84 Å². The van der Waals surface area contributed by atoms with E-state index in [2.05, 4.69) is 4.74 Å². The summed E-state index contributed by atoms with van der Waals surface area (Å²) in [5, 5.41) is 7.80. The summed E-state index contributed by atoms with van der Waals surface area (Å²) in [5.74, 6) is -2.70. The van der Waals surface area contributed by atoms with Gasteiger partial charge >= 0.3 is 5.97 Å². The minimum atomic E-state index is -1.08. The van der Waals surface area contributed by atoms with Crippen molar-refractivity contribution in [3.05, 3.63) is 23.8 Å². The Kier molecular flexibility index (Phi) is 4.12. The molecule has 1 aromatic carbocycles. The smallest absolute Gasteiger partial charge is 0.316 e. The molecule has 1 atom stereocenters. The monoisotopic (exact) mass is 248 g/mol. The van der Waals surface area contributed by atoms with Crippen LogP contribution in [-0.2, 0) is 4.79 Å². The second kappa shape index (κ2) is 5.16. The quantitative estimate of drug-likeness (QED) is 0.832. The van der Waals surface area contributed by atoms with Gasteiger partial charge in [-0.3, -0.25) is 4.79 Å². The van der Waals surface area contributed by atoms with Crippen LogP contribution in [0.25, 0.3) is 0 Å². The van der Waals surface area contributed by atoms with Gasteiger partial charge in [0.1, 0.15) is 11.1 Å². The van der Waals surface area contributed by atoms with Crippen molar-refractivity contribution in [2.24, 2.45) is 0 Å². The fourth-order valence-corrected chi connectivity index (χ4v) is 1.82. The fraction of sp³-hybridized carbons (Fsp3) is 0.300. The molecule has 6 heteroatoms. The third kappa shape index (κ3) is 2.85. The topological polar surface area (TPSA) is 46.5 Å². The summed E-state index contributed by atoms with van der Waals surface area (Å²) in [7, 11) is 1.23. The zero-order valence-electron chi connectivity index (χ0n) is 8.66. The molecule has 16 heavy (non-hydrogen) atoms. The van der Waals surface area contributed by atoms with Gasteiger partial charge in [0.25, 0.3) is 0 Å². The number of carboxylic acids is 1. The zero-order chi connectivity index (χ0) is 12.3. The molecule has 3 nitrogen and oxygen atoms in total. The van der Waals surface area contributed by atoms with E-state index >= 15 is 0 Å². The highest BCUT2D eigenvalue weighted by Crippen LogP contribution is 2.30. The lowest BCUT2D eigenvalue weighted by molar-refractivity contribution is -0.136. The van der Waals surface area contributed by atoms with E-state index in [0.717, 1.165) is 23.9 Å². The van der Waals surface area contributed by atoms with Crippen LogP contribution >= 0.6 is 11.8 Å². The second-order valence-corrected chi connectivity index (χ2v) is 4.40. The summed E-state index contributed by atoms with van der Waals surface area (Å²) >= 11 is 0.742. The maximum Gasteiger partial charge on any atom is 0.316 e. The highest BCUT2D eigenvalue weighted by molar-refractivity contribution is 8.00. The molecule has 0 aromatic heterocycles. The summed E-state index contributed by atoms with van der Waals surface area (Å²) in [6, 6.07) is 1.82. The van der Waals surface area contributed by atoms with Gasteiger partial charge in [-0.1, -0.05) is 0 Å². The lowest BCUT2D eigenvalue weighted by Crippen LogP contribution is -2.11. The van der Waals surface area contributed by atoms with E-state index in [-0.39, 0.29) is 10.6 Å². The summed E-state index contributed by atoms with van der Waals surface area (Å²) in [6.45, 7) is 1.40. The number of methoxy groups -OCH3 is 1. The minimum absolute atomic E-state index is 0.0480. The molecular formula is C10H10F2O3S. The van der Waals surface area contributed by atoms with Gasteiger partial charge in [0.2, 0.25) is 0 Å². The molecule has 0 radical (unpaired) electrons. The molecule has 0 bridgehead atoms. The standard InChI is InChI=1S/C10H10F2O3S/c1-5(10(13)14)16-9-4-6(11)8(15-2)3-7(9)12/h3-5H,1-2H3,(H,13,14). The number of rotatable bonds is 4. The number of thioether (sulfide) groups is 1. The van der Waals surface area contributed by atoms with E-state index in [4.69, 9.17) is 5.11 Å². The number of aliphatic carboxylic acids is 1. The largest absolute Gasteiger partial charge is 0.494 e. The van der Waals surface area contributed by atoms with E-state index in [1.54, 1.807) is 0 Å². The Bertz CT molecular complexity index is 409. The number of carboxylic acid groups (broad SMARTS) is 1. The van der Waals surface area contributed by atoms with Crippen LogP contribution in [0.2, 0.25) is 0 Å². The zero-order valence-corrected chi connectivity index (χ0v) is 9.48. The number of carbonyl (C=O) groups is 1. The summed E-state index contributed by atoms with van der Waals surface area (Å²) in [6.07, 6.45) is 0. The molecule has 0 amide bonds. The Labute approximate surface area is 95.4 Å². The van der Waals surface area contributed by atoms with Crippen molar-refractivity contribution >= 4 is 17.7 Å². The van der Waals surface area contributed by atoms with Gasteiger partial charge in [-0.05, 0) is 13.0 Å². The normalized spacial score (nSPS) is 12.2. The Morgan fingerprint density at radius 1 is 1.44 bits per heavy atom. The molecule has 0 saturated carbocycles. The molecule has 1 unspecified atom stereocenters. The first-order valence-corrected chi connectivity index (χ1v) is 5.26. The van der Waals surface area contributed by atoms with Crippen molar-refractivity contribution < 1.29 is 23.4 Å². The van der Waals surface area contributed by atoms with E-state index in [9.17, 15) is 13.6 Å². The third-order valence-electron chi connectivity index (χ3n) is 1.86. The third-order valence-corrected chi connectivity index (χ3v) is 2.98. The van der Waals surface area contributed by atoms with Gasteiger partial charge in [0.15, 0.2) is 11.6 Å². The Balaban J connectivity index is 2.98. The van der Waals surface area contributed by atoms with Gasteiger partial charge in [-0.25, -0.2) is 8.78 Å². The van der Waals surface area contributed by atoms with E-state index in [1.807, 2.05) is 0 Å². The Hall–Kier alpha value is -1.30. The average Bonchev–Trinajstić information content (AvgIpc) is 2.22. The SMILES string of the molecule is COc1cc(F)c(SC(C)C(=O)O)cc1F. The molecule has 1 N–H and O–H groups in total. The number of benzene rings is 1. The molecule has 1 aromatic rings. The highest BCUT2D eigenvalue weighted by Gasteiger charge is 2.17. The molecule has 0 aliphatic carbocycles. The highest BCUT2D eigenvalue weighted by atomic mass is 32.2. The lowest BCUT2D eigenvalue weighted by Gasteiger charge is -2.09. The molecule has 0 aliphatic rings. The molecule has 0 heterocycles. The van der Waals surface area contributed by atoms with Crippen LogP contribution in [0.5, 0.6) is 5.75 Å². The first-order valence-electron chi connectivity index (χ1n) is 4.38. The molecule has 1 rings (SSSR count). The van der Waals surface area contributed by atoms with Crippen LogP contribution in [-0.4, -0.2) is 23.4 Å². The first-order chi connectivity index (χ1) is 7.45. The number of halogens is 2. The van der Waals surface area contributed by atoms with Crippen LogP contribution in [0.1, 0.15) is 6.92 Å². The fourth-order valence-electron chi connectivity index (χ4n) is 0.998. The summed E-state index contributed by atoms with van der Waals surface area (Å²) in [5.41, 5.74) is 0. The first kappa shape index (κ1) is 12.8. The van der Waals surface area contributed by atoms with Crippen molar-refractivity contribution in [1.29, 1.82) is 0 Å². The van der Waals surface area contributed by atoms with Gasteiger partial charge in [-0.2, -0.15) is 0 Å². The van der Waals surface area contributed by atoms with E-state index < -0.39 is 22.9 Å². The summed E-state index contributed by atoms with van der Waals surface area (Å²) in [4.78, 5) is 10.5. The van der Waals surface area contributed by atoms with Crippen molar-refractivity contribution in [2.75, 3.05) is 7.11 Å². The maximum atomic E-state index is 13.4. The van der Waals surface area contributed by atoms with E-state index in [1.165, 1.54) is 14.0 Å². The predicted octanol–water partition coefficient (Wildman–Crippen LogP) is 2.54. The average molecular weight is 248 g/mol. The summed E-state index contributed by atoms with van der Waals surface area (Å²) < 4.78 is 31.2. The number of ether oxygens (including phenoxy) is 1. The van der Waals surface area contributed by atoms with Crippen molar-refractivity contribution in [3.63, 3.8) is 0 Å². The van der Waals surface area contributed by atoms with Crippen molar-refractivity contribution in [2.45, 2.75) is 17.1 Å². The van der Waals surface area contributed by atoms with Crippen LogP contribution in [0.3, 0.4) is 0 Å². The van der Waals surface area contributed by atoms with Crippen LogP contribution in [0, 0.1) is 11.6 Å². The molecule has 0 saturated heterocycles. The predicted molar refractivity (Wildman–Crippen MR) is 55.9 cm³/mol. The van der Waals surface area contributed by atoms with Crippen molar-refractivity contribution in [1.82, 2.24) is 0 Å². The van der Waals surface area contributed by atoms with Crippen LogP contribution in [0.15, 0.2) is 17.0 Å². The van der Waals surface area contributed by atoms with Crippen LogP contribution in [0.4, 0.5) is 8.78 Å². The Morgan fingerprint density at radius 2 is 2.06 bits per heavy atom. The maximum absolute atomic E-state index is 13.4. The molecular weight excluding hydrogens is 238 g/mol. The number of hydrogen-bond donors (Lipinski definition) is 1. The van der Waals surface area contributed by atoms with Crippen molar-refractivity contribution in [3.8, 4) is 5.75 Å². The van der Waals surface area contributed by atoms with Gasteiger partial charge in [0.05, 0.1) is 7.11 Å². The Morgan fingerprint density at radius 3 is 2.56 bits per heavy atom. The molecule has 0 fully saturated rings.